The highest BCUT2D eigenvalue weighted by Crippen LogP contribution is 2.51. The van der Waals surface area contributed by atoms with Crippen LogP contribution in [-0.4, -0.2) is 57.1 Å². The van der Waals surface area contributed by atoms with E-state index in [9.17, 15) is 9.36 Å². The first kappa shape index (κ1) is 54.8. The van der Waals surface area contributed by atoms with Crippen LogP contribution in [0.1, 0.15) is 48.3 Å². The fraction of sp³-hybridized carbons (Fsp3) is 0.164. The third kappa shape index (κ3) is 12.7. The van der Waals surface area contributed by atoms with Crippen molar-refractivity contribution in [3.63, 3.8) is 0 Å². The van der Waals surface area contributed by atoms with E-state index in [1.165, 1.54) is 5.56 Å². The maximum Gasteiger partial charge on any atom is 0.335 e. The van der Waals surface area contributed by atoms with Crippen molar-refractivity contribution in [3.05, 3.63) is 201 Å². The Balaban J connectivity index is 0.000000170. The Kier molecular flexibility index (Phi) is 18.8. The van der Waals surface area contributed by atoms with Crippen LogP contribution in [-0.2, 0) is 19.8 Å². The van der Waals surface area contributed by atoms with Crippen LogP contribution in [0.4, 0.5) is 0 Å². The van der Waals surface area contributed by atoms with Crippen LogP contribution < -0.4 is 18.9 Å². The summed E-state index contributed by atoms with van der Waals surface area (Å²) in [6, 6.07) is 56.6. The summed E-state index contributed by atoms with van der Waals surface area (Å²) >= 11 is 6.83. The van der Waals surface area contributed by atoms with Gasteiger partial charge in [-0.1, -0.05) is 87.8 Å². The molecule has 0 N–H and O–H groups in total. The zero-order valence-electron chi connectivity index (χ0n) is 41.4. The molecule has 0 amide bonds. The molecular formula is C61H59Br2N2O8P. The highest BCUT2D eigenvalue weighted by molar-refractivity contribution is 9.10. The summed E-state index contributed by atoms with van der Waals surface area (Å²) in [5, 5.41) is 4.45. The van der Waals surface area contributed by atoms with Crippen molar-refractivity contribution in [2.24, 2.45) is 0 Å². The Morgan fingerprint density at radius 2 is 0.757 bits per heavy atom. The predicted octanol–water partition coefficient (Wildman–Crippen LogP) is 17.2. The molecule has 2 heterocycles. The first-order chi connectivity index (χ1) is 35.5. The lowest BCUT2D eigenvalue weighted by Gasteiger charge is -2.16. The number of hydrogen-bond donors (Lipinski definition) is 0. The summed E-state index contributed by atoms with van der Waals surface area (Å²) < 4.78 is 51.0. The molecule has 10 aromatic rings. The summed E-state index contributed by atoms with van der Waals surface area (Å²) in [4.78, 5) is 10.9. The molecule has 0 bridgehead atoms. The van der Waals surface area contributed by atoms with Crippen LogP contribution in [0.15, 0.2) is 179 Å². The van der Waals surface area contributed by atoms with E-state index in [1.807, 2.05) is 111 Å². The number of halogens is 2. The highest BCUT2D eigenvalue weighted by atomic mass is 79.9. The Labute approximate surface area is 449 Å². The zero-order chi connectivity index (χ0) is 51.5. The third-order valence-electron chi connectivity index (χ3n) is 12.1. The van der Waals surface area contributed by atoms with Crippen LogP contribution in [0.3, 0.4) is 0 Å². The van der Waals surface area contributed by atoms with E-state index in [-0.39, 0.29) is 7.43 Å². The highest BCUT2D eigenvalue weighted by Gasteiger charge is 2.24. The molecular weight excluding hydrogens is 1080 g/mol. The van der Waals surface area contributed by atoms with Gasteiger partial charge >= 0.3 is 7.60 Å². The minimum absolute atomic E-state index is 0. The minimum Gasteiger partial charge on any atom is -0.497 e. The Morgan fingerprint density at radius 3 is 1.07 bits per heavy atom. The van der Waals surface area contributed by atoms with Gasteiger partial charge in [0.25, 0.3) is 0 Å². The molecule has 74 heavy (non-hydrogen) atoms. The van der Waals surface area contributed by atoms with Gasteiger partial charge in [0.2, 0.25) is 0 Å². The minimum atomic E-state index is -2.97. The van der Waals surface area contributed by atoms with Crippen LogP contribution >= 0.6 is 39.5 Å². The van der Waals surface area contributed by atoms with Crippen LogP contribution in [0, 0.1) is 0 Å². The second kappa shape index (κ2) is 25.3. The van der Waals surface area contributed by atoms with E-state index in [2.05, 4.69) is 126 Å². The molecule has 2 aromatic heterocycles. The van der Waals surface area contributed by atoms with Crippen molar-refractivity contribution in [3.8, 4) is 34.4 Å². The van der Waals surface area contributed by atoms with Crippen LogP contribution in [0.25, 0.3) is 67.1 Å². The number of aldehydes is 1. The number of benzene rings is 8. The summed E-state index contributed by atoms with van der Waals surface area (Å²) in [7, 11) is 3.75. The number of rotatable bonds is 15. The molecule has 0 saturated carbocycles. The fourth-order valence-corrected chi connectivity index (χ4v) is 10.8. The molecule has 0 aliphatic heterocycles. The van der Waals surface area contributed by atoms with E-state index in [4.69, 9.17) is 28.0 Å². The molecule has 0 atom stereocenters. The lowest BCUT2D eigenvalue weighted by Crippen LogP contribution is -1.98. The number of hydrogen-bond acceptors (Lipinski definition) is 8. The third-order valence-corrected chi connectivity index (χ3v) is 15.2. The maximum absolute atomic E-state index is 12.2. The Morgan fingerprint density at radius 1 is 0.446 bits per heavy atom. The van der Waals surface area contributed by atoms with Gasteiger partial charge in [-0.25, -0.2) is 0 Å². The Bertz CT molecular complexity index is 3440. The summed E-state index contributed by atoms with van der Waals surface area (Å²) in [6.45, 7) is 4.42. The molecule has 10 rings (SSSR count). The number of nitrogens with zero attached hydrogens (tertiary/aromatic N) is 2. The second-order valence-electron chi connectivity index (χ2n) is 16.6. The van der Waals surface area contributed by atoms with E-state index in [0.717, 1.165) is 104 Å². The van der Waals surface area contributed by atoms with Crippen molar-refractivity contribution < 1.29 is 37.4 Å². The average Bonchev–Trinajstić information content (AvgIpc) is 3.94. The molecule has 10 nitrogen and oxygen atoms in total. The number of aromatic nitrogens is 2. The van der Waals surface area contributed by atoms with Crippen molar-refractivity contribution >= 4 is 102 Å². The maximum atomic E-state index is 12.2. The number of fused-ring (bicyclic) bond motifs is 6. The van der Waals surface area contributed by atoms with Crippen molar-refractivity contribution in [1.29, 1.82) is 0 Å². The SMILES string of the molecule is C.CCOP(=O)(Cc1ccc(Br)cc1)OCC.COc1ccc2c(c1)c1cc(OC)ccc1n2-c1ccc(/C=C/c2ccc(Br)cc2)cc1.COc1ccc2c(c1)c1cc(OC)ccc1n2-c1ccc(C=O)cc1. The van der Waals surface area contributed by atoms with Crippen LogP contribution in [0.2, 0.25) is 0 Å². The lowest BCUT2D eigenvalue weighted by molar-refractivity contribution is 0.112. The van der Waals surface area contributed by atoms with Gasteiger partial charge in [-0.2, -0.15) is 0 Å². The molecule has 0 radical (unpaired) electrons. The molecule has 8 aromatic carbocycles. The molecule has 0 aliphatic carbocycles. The molecule has 0 fully saturated rings. The normalized spacial score (nSPS) is 11.2. The van der Waals surface area contributed by atoms with Crippen LogP contribution in [0.5, 0.6) is 23.0 Å². The first-order valence-electron chi connectivity index (χ1n) is 23.6. The molecule has 13 heteroatoms. The van der Waals surface area contributed by atoms with Gasteiger partial charge in [-0.3, -0.25) is 9.36 Å². The quantitative estimate of drug-likeness (QED) is 0.0569. The van der Waals surface area contributed by atoms with Gasteiger partial charge in [0.05, 0.1) is 69.9 Å². The Hall–Kier alpha value is -6.92. The van der Waals surface area contributed by atoms with E-state index in [1.54, 1.807) is 28.4 Å². The summed E-state index contributed by atoms with van der Waals surface area (Å²) in [5.41, 5.74) is 10.5. The summed E-state index contributed by atoms with van der Waals surface area (Å²) in [6.07, 6.45) is 5.43. The average molecular weight is 1140 g/mol. The predicted molar refractivity (Wildman–Crippen MR) is 312 cm³/mol. The lowest BCUT2D eigenvalue weighted by atomic mass is 10.1. The molecule has 380 valence electrons. The van der Waals surface area contributed by atoms with Crippen molar-refractivity contribution in [2.75, 3.05) is 41.7 Å². The van der Waals surface area contributed by atoms with Gasteiger partial charge in [0.1, 0.15) is 29.3 Å². The first-order valence-corrected chi connectivity index (χ1v) is 26.9. The second-order valence-corrected chi connectivity index (χ2v) is 20.5. The molecule has 0 saturated heterocycles. The van der Waals surface area contributed by atoms with E-state index >= 15 is 0 Å². The topological polar surface area (TPSA) is 99.4 Å². The number of carbonyl (C=O) groups excluding carboxylic acids is 1. The summed E-state index contributed by atoms with van der Waals surface area (Å²) in [5.74, 6) is 3.30. The largest absolute Gasteiger partial charge is 0.497 e. The number of carbonyl (C=O) groups is 1. The van der Waals surface area contributed by atoms with Gasteiger partial charge in [0.15, 0.2) is 0 Å². The number of methoxy groups -OCH3 is 4. The number of ether oxygens (including phenoxy) is 4. The van der Waals surface area contributed by atoms with Gasteiger partial charge in [-0.15, -0.1) is 0 Å². The molecule has 0 unspecified atom stereocenters. The smallest absolute Gasteiger partial charge is 0.335 e. The fourth-order valence-electron chi connectivity index (χ4n) is 8.57. The van der Waals surface area contributed by atoms with Gasteiger partial charge in [0, 0.05) is 47.4 Å². The molecule has 0 spiro atoms. The zero-order valence-corrected chi connectivity index (χ0v) is 45.4. The monoisotopic (exact) mass is 1140 g/mol. The van der Waals surface area contributed by atoms with Crippen molar-refractivity contribution in [2.45, 2.75) is 27.4 Å². The van der Waals surface area contributed by atoms with Gasteiger partial charge < -0.3 is 37.1 Å². The van der Waals surface area contributed by atoms with E-state index < -0.39 is 7.60 Å². The van der Waals surface area contributed by atoms with E-state index in [0.29, 0.717) is 24.9 Å². The van der Waals surface area contributed by atoms with Crippen molar-refractivity contribution in [1.82, 2.24) is 9.13 Å². The van der Waals surface area contributed by atoms with Gasteiger partial charge in [-0.05, 0) is 164 Å². The molecule has 0 aliphatic rings. The standard InChI is InChI=1S/C28H22BrNO2.C21H17NO3.C11H16BrO3P.CH4/c1-31-23-13-15-27-25(17-23)26-18-24(32-2)14-16-28(26)30(27)22-11-7-20(8-12-22)4-3-19-5-9-21(29)10-6-19;1-24-16-7-9-20-18(11-16)19-12-17(25-2)8-10-21(19)22(20)15-5-3-14(13-23)4-6-15;1-3-14-16(13,15-4-2)9-10-5-7-11(12)8-6-10;/h3-18H,1-2H3;3-13H,1-2H3;5-8H,3-4,9H2,1-2H3;1H4/b4-3+;;;.